The summed E-state index contributed by atoms with van der Waals surface area (Å²) in [7, 11) is 0. The highest BCUT2D eigenvalue weighted by atomic mass is 19.1. The van der Waals surface area contributed by atoms with Crippen LogP contribution in [0.5, 0.6) is 0 Å². The van der Waals surface area contributed by atoms with E-state index in [1.165, 1.54) is 6.07 Å². The Morgan fingerprint density at radius 3 is 2.74 bits per heavy atom. The number of nitrogens with one attached hydrogen (secondary N) is 2. The van der Waals surface area contributed by atoms with Crippen LogP contribution in [0.2, 0.25) is 0 Å². The third-order valence-corrected chi connectivity index (χ3v) is 4.81. The number of aromatic amines is 1. The second-order valence-electron chi connectivity index (χ2n) is 8.03. The van der Waals surface area contributed by atoms with Crippen molar-refractivity contribution in [2.75, 3.05) is 0 Å². The number of nitriles is 1. The number of fused-ring (bicyclic) bond motifs is 1. The Morgan fingerprint density at radius 1 is 1.41 bits per heavy atom. The van der Waals surface area contributed by atoms with Gasteiger partial charge in [-0.05, 0) is 64.7 Å². The molecule has 1 amide bonds. The van der Waals surface area contributed by atoms with Crippen molar-refractivity contribution in [2.45, 2.75) is 59.1 Å². The number of alkyl carbamates (subject to hydrolysis) is 1. The lowest BCUT2D eigenvalue weighted by atomic mass is 9.95. The summed E-state index contributed by atoms with van der Waals surface area (Å²) in [5, 5.41) is 12.9. The van der Waals surface area contributed by atoms with E-state index >= 15 is 0 Å². The Balaban J connectivity index is 1.90. The van der Waals surface area contributed by atoms with Gasteiger partial charge in [-0.2, -0.15) is 5.26 Å². The second kappa shape index (κ2) is 6.73. The fourth-order valence-corrected chi connectivity index (χ4v) is 3.53. The maximum Gasteiger partial charge on any atom is 0.407 e. The quantitative estimate of drug-likeness (QED) is 0.793. The van der Waals surface area contributed by atoms with Crippen molar-refractivity contribution in [1.82, 2.24) is 10.3 Å². The van der Waals surface area contributed by atoms with E-state index in [0.717, 1.165) is 22.2 Å². The topological polar surface area (TPSA) is 77.9 Å². The highest BCUT2D eigenvalue weighted by molar-refractivity contribution is 5.99. The lowest BCUT2D eigenvalue weighted by molar-refractivity contribution is 0.0507. The van der Waals surface area contributed by atoms with Gasteiger partial charge in [-0.15, -0.1) is 0 Å². The van der Waals surface area contributed by atoms with Gasteiger partial charge in [0.2, 0.25) is 0 Å². The molecular weight excluding hydrogens is 345 g/mol. The summed E-state index contributed by atoms with van der Waals surface area (Å²) in [4.78, 5) is 15.2. The number of halogens is 1. The molecule has 2 N–H and O–H groups in total. The number of benzene rings is 1. The van der Waals surface area contributed by atoms with Gasteiger partial charge < -0.3 is 15.0 Å². The molecule has 0 unspecified atom stereocenters. The van der Waals surface area contributed by atoms with Crippen molar-refractivity contribution in [3.63, 3.8) is 0 Å². The third-order valence-electron chi connectivity index (χ3n) is 4.81. The van der Waals surface area contributed by atoms with Crippen LogP contribution in [0.25, 0.3) is 16.5 Å². The van der Waals surface area contributed by atoms with Crippen molar-refractivity contribution >= 4 is 22.6 Å². The lowest BCUT2D eigenvalue weighted by Crippen LogP contribution is -2.38. The first-order valence-electron chi connectivity index (χ1n) is 9.01. The molecule has 5 nitrogen and oxygen atoms in total. The molecule has 0 radical (unpaired) electrons. The predicted octanol–water partition coefficient (Wildman–Crippen LogP) is 4.87. The van der Waals surface area contributed by atoms with E-state index in [4.69, 9.17) is 4.74 Å². The van der Waals surface area contributed by atoms with Crippen LogP contribution >= 0.6 is 0 Å². The first-order chi connectivity index (χ1) is 12.6. The van der Waals surface area contributed by atoms with Crippen molar-refractivity contribution in [3.05, 3.63) is 40.3 Å². The van der Waals surface area contributed by atoms with Gasteiger partial charge in [0.25, 0.3) is 0 Å². The number of carbonyl (C=O) groups is 1. The molecular formula is C21H24FN3O2. The van der Waals surface area contributed by atoms with Gasteiger partial charge in [-0.1, -0.05) is 6.08 Å². The van der Waals surface area contributed by atoms with Gasteiger partial charge >= 0.3 is 6.09 Å². The molecule has 1 atom stereocenters. The zero-order valence-electron chi connectivity index (χ0n) is 16.3. The summed E-state index contributed by atoms with van der Waals surface area (Å²) in [6.07, 6.45) is 2.60. The molecule has 1 aliphatic rings. The SMILES string of the molecule is Cc1[nH]c2c(C#N)cc(F)c(C3=CC[C@@H](NC(=O)OC(C)(C)C)C3)c2c1C. The van der Waals surface area contributed by atoms with Crippen molar-refractivity contribution in [2.24, 2.45) is 0 Å². The number of aromatic nitrogens is 1. The van der Waals surface area contributed by atoms with Crippen LogP contribution in [-0.4, -0.2) is 22.7 Å². The van der Waals surface area contributed by atoms with E-state index in [1.807, 2.05) is 40.7 Å². The summed E-state index contributed by atoms with van der Waals surface area (Å²) < 4.78 is 20.2. The van der Waals surface area contributed by atoms with Crippen LogP contribution in [0.1, 0.15) is 56.0 Å². The van der Waals surface area contributed by atoms with Crippen LogP contribution in [0.4, 0.5) is 9.18 Å². The Bertz CT molecular complexity index is 990. The molecule has 0 aliphatic heterocycles. The fourth-order valence-electron chi connectivity index (χ4n) is 3.53. The van der Waals surface area contributed by atoms with Crippen molar-refractivity contribution in [3.8, 4) is 6.07 Å². The van der Waals surface area contributed by atoms with Crippen LogP contribution < -0.4 is 5.32 Å². The molecule has 142 valence electrons. The zero-order chi connectivity index (χ0) is 19.9. The maximum atomic E-state index is 14.9. The minimum absolute atomic E-state index is 0.139. The first-order valence-corrected chi connectivity index (χ1v) is 9.01. The van der Waals surface area contributed by atoms with E-state index in [0.29, 0.717) is 29.5 Å². The second-order valence-corrected chi connectivity index (χ2v) is 8.03. The number of aryl methyl sites for hydroxylation is 2. The van der Waals surface area contributed by atoms with Crippen LogP contribution in [0.15, 0.2) is 12.1 Å². The molecule has 6 heteroatoms. The Labute approximate surface area is 158 Å². The number of carbonyl (C=O) groups excluding carboxylic acids is 1. The zero-order valence-corrected chi connectivity index (χ0v) is 16.3. The Kier molecular flexibility index (Phi) is 4.73. The van der Waals surface area contributed by atoms with Gasteiger partial charge in [0.15, 0.2) is 0 Å². The molecule has 0 spiro atoms. The predicted molar refractivity (Wildman–Crippen MR) is 103 cm³/mol. The summed E-state index contributed by atoms with van der Waals surface area (Å²) in [6.45, 7) is 9.26. The summed E-state index contributed by atoms with van der Waals surface area (Å²) in [5.74, 6) is -0.412. The average molecular weight is 369 g/mol. The van der Waals surface area contributed by atoms with E-state index in [2.05, 4.69) is 16.4 Å². The number of amides is 1. The van der Waals surface area contributed by atoms with Gasteiger partial charge in [-0.25, -0.2) is 9.18 Å². The largest absolute Gasteiger partial charge is 0.444 e. The minimum Gasteiger partial charge on any atom is -0.444 e. The monoisotopic (exact) mass is 369 g/mol. The summed E-state index contributed by atoms with van der Waals surface area (Å²) in [6, 6.07) is 3.20. The molecule has 3 rings (SSSR count). The smallest absolute Gasteiger partial charge is 0.407 e. The number of hydrogen-bond donors (Lipinski definition) is 2. The average Bonchev–Trinajstić information content (AvgIpc) is 3.11. The molecule has 1 aromatic carbocycles. The van der Waals surface area contributed by atoms with Crippen LogP contribution in [0.3, 0.4) is 0 Å². The van der Waals surface area contributed by atoms with Gasteiger partial charge in [0, 0.05) is 22.7 Å². The number of hydrogen-bond acceptors (Lipinski definition) is 3. The van der Waals surface area contributed by atoms with E-state index in [9.17, 15) is 14.4 Å². The lowest BCUT2D eigenvalue weighted by Gasteiger charge is -2.22. The molecule has 0 bridgehead atoms. The molecule has 0 fully saturated rings. The highest BCUT2D eigenvalue weighted by Crippen LogP contribution is 2.38. The van der Waals surface area contributed by atoms with Crippen molar-refractivity contribution < 1.29 is 13.9 Å². The normalized spacial score (nSPS) is 16.9. The van der Waals surface area contributed by atoms with E-state index in [-0.39, 0.29) is 6.04 Å². The molecule has 27 heavy (non-hydrogen) atoms. The number of H-pyrrole nitrogens is 1. The fraction of sp³-hybridized carbons (Fsp3) is 0.429. The number of ether oxygens (including phenoxy) is 1. The molecule has 0 saturated heterocycles. The third kappa shape index (κ3) is 3.68. The molecule has 1 aromatic heterocycles. The van der Waals surface area contributed by atoms with Crippen LogP contribution in [0, 0.1) is 31.0 Å². The molecule has 0 saturated carbocycles. The molecule has 2 aromatic rings. The first kappa shape index (κ1) is 19.0. The standard InChI is InChI=1S/C21H24FN3O2/c1-11-12(2)24-19-14(10-23)9-16(22)18(17(11)19)13-6-7-15(8-13)25-20(26)27-21(3,4)5/h6,9,15,24H,7-8H2,1-5H3,(H,25,26)/t15-/m1/s1. The van der Waals surface area contributed by atoms with E-state index in [1.54, 1.807) is 0 Å². The summed E-state index contributed by atoms with van der Waals surface area (Å²) in [5.41, 5.74) is 3.59. The number of rotatable bonds is 2. The van der Waals surface area contributed by atoms with Gasteiger partial charge in [-0.3, -0.25) is 0 Å². The maximum absolute atomic E-state index is 14.9. The van der Waals surface area contributed by atoms with Crippen LogP contribution in [-0.2, 0) is 4.74 Å². The van der Waals surface area contributed by atoms with Crippen molar-refractivity contribution in [1.29, 1.82) is 5.26 Å². The van der Waals surface area contributed by atoms with E-state index < -0.39 is 17.5 Å². The highest BCUT2D eigenvalue weighted by Gasteiger charge is 2.27. The molecule has 1 heterocycles. The Morgan fingerprint density at radius 2 is 2.11 bits per heavy atom. The van der Waals surface area contributed by atoms with Gasteiger partial charge in [0.1, 0.15) is 17.5 Å². The van der Waals surface area contributed by atoms with Gasteiger partial charge in [0.05, 0.1) is 11.1 Å². The summed E-state index contributed by atoms with van der Waals surface area (Å²) >= 11 is 0. The number of nitrogens with zero attached hydrogens (tertiary/aromatic N) is 1. The minimum atomic E-state index is -0.565. The Hall–Kier alpha value is -2.81. The molecule has 1 aliphatic carbocycles.